The van der Waals surface area contributed by atoms with Crippen molar-refractivity contribution in [1.29, 1.82) is 0 Å². The number of carboxylic acid groups (broad SMARTS) is 1. The molecule has 3 nitrogen and oxygen atoms in total. The van der Waals surface area contributed by atoms with Gasteiger partial charge in [0.15, 0.2) is 0 Å². The lowest BCUT2D eigenvalue weighted by molar-refractivity contribution is -0.138. The van der Waals surface area contributed by atoms with Crippen molar-refractivity contribution in [1.82, 2.24) is 0 Å². The topological polar surface area (TPSA) is 50.4 Å². The van der Waals surface area contributed by atoms with E-state index in [0.29, 0.717) is 5.56 Å². The van der Waals surface area contributed by atoms with Crippen molar-refractivity contribution in [3.8, 4) is 0 Å². The Labute approximate surface area is 97.5 Å². The summed E-state index contributed by atoms with van der Waals surface area (Å²) in [6, 6.07) is 7.37. The molecule has 1 aromatic heterocycles. The van der Waals surface area contributed by atoms with E-state index in [1.807, 2.05) is 0 Å². The summed E-state index contributed by atoms with van der Waals surface area (Å²) in [5.41, 5.74) is 1.24. The minimum atomic E-state index is -0.975. The molecule has 0 bridgehead atoms. The molecule has 0 aliphatic carbocycles. The summed E-state index contributed by atoms with van der Waals surface area (Å²) in [5, 5.41) is 9.16. The molecule has 88 valence electrons. The Morgan fingerprint density at radius 3 is 2.82 bits per heavy atom. The van der Waals surface area contributed by atoms with Gasteiger partial charge in [0.2, 0.25) is 0 Å². The molecular weight excluding hydrogens is 223 g/mol. The van der Waals surface area contributed by atoms with Crippen LogP contribution in [-0.4, -0.2) is 11.1 Å². The van der Waals surface area contributed by atoms with Crippen LogP contribution in [0.1, 0.15) is 17.0 Å². The fourth-order valence-corrected chi connectivity index (χ4v) is 1.72. The maximum atomic E-state index is 13.1. The van der Waals surface area contributed by atoms with Crippen molar-refractivity contribution in [3.63, 3.8) is 0 Å². The molecule has 1 unspecified atom stereocenters. The maximum absolute atomic E-state index is 13.1. The molecule has 0 radical (unpaired) electrons. The number of hydrogen-bond acceptors (Lipinski definition) is 2. The molecule has 1 heterocycles. The van der Waals surface area contributed by atoms with Crippen molar-refractivity contribution in [2.24, 2.45) is 0 Å². The number of carboxylic acids is 1. The Balaban J connectivity index is 2.26. The first-order chi connectivity index (χ1) is 8.16. The lowest BCUT2D eigenvalue weighted by Crippen LogP contribution is -2.14. The van der Waals surface area contributed by atoms with E-state index in [1.54, 1.807) is 12.1 Å². The lowest BCUT2D eigenvalue weighted by atomic mass is 9.93. The van der Waals surface area contributed by atoms with E-state index < -0.39 is 17.7 Å². The molecule has 4 heteroatoms. The van der Waals surface area contributed by atoms with E-state index in [2.05, 4.69) is 0 Å². The van der Waals surface area contributed by atoms with Gasteiger partial charge < -0.3 is 9.52 Å². The fraction of sp³-hybridized carbons (Fsp3) is 0.154. The molecule has 0 fully saturated rings. The van der Waals surface area contributed by atoms with E-state index in [1.165, 1.54) is 30.7 Å². The second-order valence-corrected chi connectivity index (χ2v) is 3.78. The number of benzene rings is 1. The van der Waals surface area contributed by atoms with E-state index in [9.17, 15) is 9.18 Å². The van der Waals surface area contributed by atoms with Crippen LogP contribution in [0, 0.1) is 5.82 Å². The molecule has 17 heavy (non-hydrogen) atoms. The zero-order valence-corrected chi connectivity index (χ0v) is 8.97. The highest BCUT2D eigenvalue weighted by molar-refractivity contribution is 5.76. The summed E-state index contributed by atoms with van der Waals surface area (Å²) in [6.07, 6.45) is 3.27. The van der Waals surface area contributed by atoms with E-state index in [4.69, 9.17) is 9.52 Å². The zero-order chi connectivity index (χ0) is 12.3. The molecule has 0 spiro atoms. The van der Waals surface area contributed by atoms with Crippen LogP contribution >= 0.6 is 0 Å². The molecule has 1 atom stereocenters. The first-order valence-electron chi connectivity index (χ1n) is 5.16. The summed E-state index contributed by atoms with van der Waals surface area (Å²) in [5.74, 6) is -2.17. The van der Waals surface area contributed by atoms with Gasteiger partial charge in [-0.05, 0) is 35.7 Å². The predicted molar refractivity (Wildman–Crippen MR) is 59.2 cm³/mol. The van der Waals surface area contributed by atoms with Crippen LogP contribution in [0.2, 0.25) is 0 Å². The van der Waals surface area contributed by atoms with Gasteiger partial charge in [-0.2, -0.15) is 0 Å². The summed E-state index contributed by atoms with van der Waals surface area (Å²) in [4.78, 5) is 11.2. The number of rotatable bonds is 4. The number of furan rings is 1. The molecule has 1 N–H and O–H groups in total. The molecule has 2 aromatic rings. The first kappa shape index (κ1) is 11.4. The minimum absolute atomic E-state index is 0.287. The zero-order valence-electron chi connectivity index (χ0n) is 8.97. The molecule has 0 aliphatic rings. The van der Waals surface area contributed by atoms with Gasteiger partial charge in [-0.3, -0.25) is 4.79 Å². The van der Waals surface area contributed by atoms with Gasteiger partial charge in [-0.1, -0.05) is 12.1 Å². The Bertz CT molecular complexity index is 505. The van der Waals surface area contributed by atoms with Gasteiger partial charge in [0.1, 0.15) is 5.82 Å². The second kappa shape index (κ2) is 4.82. The van der Waals surface area contributed by atoms with Gasteiger partial charge in [-0.15, -0.1) is 0 Å². The van der Waals surface area contributed by atoms with Crippen LogP contribution in [0.5, 0.6) is 0 Å². The largest absolute Gasteiger partial charge is 0.481 e. The molecule has 0 aliphatic heterocycles. The summed E-state index contributed by atoms with van der Waals surface area (Å²) < 4.78 is 17.9. The minimum Gasteiger partial charge on any atom is -0.481 e. The Kier molecular flexibility index (Phi) is 3.23. The lowest BCUT2D eigenvalue weighted by Gasteiger charge is -2.11. The van der Waals surface area contributed by atoms with Crippen LogP contribution in [0.25, 0.3) is 0 Å². The number of aliphatic carboxylic acids is 1. The van der Waals surface area contributed by atoms with Gasteiger partial charge in [0.25, 0.3) is 0 Å². The van der Waals surface area contributed by atoms with E-state index >= 15 is 0 Å². The smallest absolute Gasteiger partial charge is 0.311 e. The van der Waals surface area contributed by atoms with Crippen molar-refractivity contribution in [2.45, 2.75) is 12.3 Å². The third kappa shape index (κ3) is 2.72. The predicted octanol–water partition coefficient (Wildman–Crippen LogP) is 2.83. The highest BCUT2D eigenvalue weighted by Gasteiger charge is 2.21. The van der Waals surface area contributed by atoms with Crippen molar-refractivity contribution < 1.29 is 18.7 Å². The van der Waals surface area contributed by atoms with Gasteiger partial charge in [0.05, 0.1) is 18.4 Å². The highest BCUT2D eigenvalue weighted by Crippen LogP contribution is 2.22. The summed E-state index contributed by atoms with van der Waals surface area (Å²) in [6.45, 7) is 0. The molecule has 1 aromatic carbocycles. The van der Waals surface area contributed by atoms with Crippen LogP contribution in [0.4, 0.5) is 4.39 Å². The average molecular weight is 234 g/mol. The van der Waals surface area contributed by atoms with Crippen molar-refractivity contribution >= 4 is 5.97 Å². The second-order valence-electron chi connectivity index (χ2n) is 3.78. The van der Waals surface area contributed by atoms with Crippen molar-refractivity contribution in [3.05, 3.63) is 59.8 Å². The Morgan fingerprint density at radius 1 is 1.41 bits per heavy atom. The maximum Gasteiger partial charge on any atom is 0.311 e. The van der Waals surface area contributed by atoms with Crippen LogP contribution in [-0.2, 0) is 11.2 Å². The molecule has 0 amide bonds. The summed E-state index contributed by atoms with van der Waals surface area (Å²) >= 11 is 0. The fourth-order valence-electron chi connectivity index (χ4n) is 1.72. The van der Waals surface area contributed by atoms with Crippen LogP contribution in [0.15, 0.2) is 47.3 Å². The Hall–Kier alpha value is -2.10. The third-order valence-corrected chi connectivity index (χ3v) is 2.57. The average Bonchev–Trinajstić information content (AvgIpc) is 2.78. The number of halogens is 1. The standard InChI is InChI=1S/C13H11FO3/c14-11-3-1-2-10(7-11)12(13(15)16)6-9-4-5-17-8-9/h1-5,7-8,12H,6H2,(H,15,16). The third-order valence-electron chi connectivity index (χ3n) is 2.57. The molecule has 2 rings (SSSR count). The van der Waals surface area contributed by atoms with Crippen LogP contribution < -0.4 is 0 Å². The monoisotopic (exact) mass is 234 g/mol. The number of carbonyl (C=O) groups is 1. The normalized spacial score (nSPS) is 12.3. The molecular formula is C13H11FO3. The summed E-state index contributed by atoms with van der Waals surface area (Å²) in [7, 11) is 0. The number of hydrogen-bond donors (Lipinski definition) is 1. The Morgan fingerprint density at radius 2 is 2.24 bits per heavy atom. The van der Waals surface area contributed by atoms with Gasteiger partial charge in [-0.25, -0.2) is 4.39 Å². The van der Waals surface area contributed by atoms with Crippen molar-refractivity contribution in [2.75, 3.05) is 0 Å². The molecule has 0 saturated heterocycles. The van der Waals surface area contributed by atoms with Gasteiger partial charge in [0, 0.05) is 0 Å². The van der Waals surface area contributed by atoms with Gasteiger partial charge >= 0.3 is 5.97 Å². The SMILES string of the molecule is O=C(O)C(Cc1ccoc1)c1cccc(F)c1. The quantitative estimate of drug-likeness (QED) is 0.884. The molecule has 0 saturated carbocycles. The van der Waals surface area contributed by atoms with E-state index in [-0.39, 0.29) is 6.42 Å². The van der Waals surface area contributed by atoms with E-state index in [0.717, 1.165) is 5.56 Å². The highest BCUT2D eigenvalue weighted by atomic mass is 19.1. The first-order valence-corrected chi connectivity index (χ1v) is 5.16. The van der Waals surface area contributed by atoms with Crippen LogP contribution in [0.3, 0.4) is 0 Å².